The molecule has 0 unspecified atom stereocenters. The van der Waals surface area contributed by atoms with Crippen molar-refractivity contribution in [1.82, 2.24) is 14.5 Å². The smallest absolute Gasteiger partial charge is 0.222 e. The Kier molecular flexibility index (Phi) is 6.40. The summed E-state index contributed by atoms with van der Waals surface area (Å²) >= 11 is 6.01. The maximum atomic E-state index is 6.01. The molecule has 0 radical (unpaired) electrons. The summed E-state index contributed by atoms with van der Waals surface area (Å²) < 4.78 is 7.64. The predicted octanol–water partition coefficient (Wildman–Crippen LogP) is 4.41. The van der Waals surface area contributed by atoms with Crippen molar-refractivity contribution >= 4 is 34.4 Å². The third-order valence-corrected chi connectivity index (χ3v) is 4.85. The minimum atomic E-state index is 0.278. The number of ether oxygens (including phenoxy) is 1. The number of nitrogen functional groups attached to an aromatic ring is 1. The van der Waals surface area contributed by atoms with Crippen LogP contribution in [-0.2, 0) is 12.4 Å². The number of methoxy groups -OCH3 is 1. The first-order valence-corrected chi connectivity index (χ1v) is 9.77. The maximum absolute atomic E-state index is 6.01. The van der Waals surface area contributed by atoms with Gasteiger partial charge in [-0.2, -0.15) is 4.98 Å². The highest BCUT2D eigenvalue weighted by atomic mass is 35.5. The summed E-state index contributed by atoms with van der Waals surface area (Å²) in [6.45, 7) is 3.68. The SMILES string of the molecule is CCCCCNc1nc(N)nc2ccn(Cc3cc(CCl)ccc3OC)c12. The Morgan fingerprint density at radius 1 is 1.22 bits per heavy atom. The Bertz CT molecular complexity index is 909. The molecule has 0 aliphatic rings. The van der Waals surface area contributed by atoms with Crippen LogP contribution in [0.25, 0.3) is 11.0 Å². The molecule has 0 saturated heterocycles. The van der Waals surface area contributed by atoms with Gasteiger partial charge in [0.25, 0.3) is 0 Å². The van der Waals surface area contributed by atoms with E-state index in [0.29, 0.717) is 12.4 Å². The molecule has 0 bridgehead atoms. The lowest BCUT2D eigenvalue weighted by molar-refractivity contribution is 0.408. The van der Waals surface area contributed by atoms with Crippen LogP contribution in [-0.4, -0.2) is 28.2 Å². The van der Waals surface area contributed by atoms with Gasteiger partial charge in [-0.15, -0.1) is 11.6 Å². The molecule has 0 saturated carbocycles. The molecule has 0 fully saturated rings. The third kappa shape index (κ3) is 4.45. The second kappa shape index (κ2) is 8.95. The van der Waals surface area contributed by atoms with Crippen molar-refractivity contribution in [2.24, 2.45) is 0 Å². The molecule has 3 N–H and O–H groups in total. The zero-order chi connectivity index (χ0) is 19.2. The molecule has 0 aliphatic carbocycles. The molecule has 2 aromatic heterocycles. The third-order valence-electron chi connectivity index (χ3n) is 4.54. The Morgan fingerprint density at radius 3 is 2.81 bits per heavy atom. The summed E-state index contributed by atoms with van der Waals surface area (Å²) in [4.78, 5) is 8.80. The van der Waals surface area contributed by atoms with E-state index in [9.17, 15) is 0 Å². The quantitative estimate of drug-likeness (QED) is 0.420. The number of hydrogen-bond acceptors (Lipinski definition) is 5. The van der Waals surface area contributed by atoms with Gasteiger partial charge in [-0.3, -0.25) is 0 Å². The van der Waals surface area contributed by atoms with E-state index in [1.54, 1.807) is 7.11 Å². The van der Waals surface area contributed by atoms with Crippen molar-refractivity contribution in [3.8, 4) is 5.75 Å². The first kappa shape index (κ1) is 19.3. The number of alkyl halides is 1. The summed E-state index contributed by atoms with van der Waals surface area (Å²) in [5.74, 6) is 2.35. The van der Waals surface area contributed by atoms with E-state index in [1.807, 2.05) is 24.4 Å². The number of halogens is 1. The summed E-state index contributed by atoms with van der Waals surface area (Å²) in [7, 11) is 1.68. The highest BCUT2D eigenvalue weighted by molar-refractivity contribution is 6.17. The molecule has 2 heterocycles. The van der Waals surface area contributed by atoms with Crippen LogP contribution in [0.4, 0.5) is 11.8 Å². The van der Waals surface area contributed by atoms with Crippen LogP contribution in [0.1, 0.15) is 37.3 Å². The van der Waals surface area contributed by atoms with E-state index < -0.39 is 0 Å². The van der Waals surface area contributed by atoms with Gasteiger partial charge in [0, 0.05) is 24.2 Å². The molecule has 0 aliphatic heterocycles. The Balaban J connectivity index is 1.95. The first-order valence-electron chi connectivity index (χ1n) is 9.24. The van der Waals surface area contributed by atoms with Gasteiger partial charge in [0.15, 0.2) is 5.82 Å². The van der Waals surface area contributed by atoms with Crippen LogP contribution in [0, 0.1) is 0 Å². The zero-order valence-corrected chi connectivity index (χ0v) is 16.6. The summed E-state index contributed by atoms with van der Waals surface area (Å²) in [5.41, 5.74) is 9.78. The summed E-state index contributed by atoms with van der Waals surface area (Å²) in [5, 5.41) is 3.42. The fourth-order valence-corrected chi connectivity index (χ4v) is 3.35. The maximum Gasteiger partial charge on any atom is 0.222 e. The van der Waals surface area contributed by atoms with Crippen LogP contribution in [0.15, 0.2) is 30.5 Å². The summed E-state index contributed by atoms with van der Waals surface area (Å²) in [6, 6.07) is 7.97. The van der Waals surface area contributed by atoms with E-state index in [1.165, 1.54) is 12.8 Å². The molecule has 144 valence electrons. The van der Waals surface area contributed by atoms with Crippen molar-refractivity contribution in [3.05, 3.63) is 41.6 Å². The average Bonchev–Trinajstić information content (AvgIpc) is 3.07. The first-order chi connectivity index (χ1) is 13.2. The van der Waals surface area contributed by atoms with Gasteiger partial charge in [0.2, 0.25) is 5.95 Å². The van der Waals surface area contributed by atoms with Crippen LogP contribution in [0.2, 0.25) is 0 Å². The molecule has 0 amide bonds. The molecule has 7 heteroatoms. The Labute approximate surface area is 164 Å². The van der Waals surface area contributed by atoms with Crippen LogP contribution in [0.5, 0.6) is 5.75 Å². The minimum Gasteiger partial charge on any atom is -0.496 e. The van der Waals surface area contributed by atoms with Gasteiger partial charge < -0.3 is 20.4 Å². The normalized spacial score (nSPS) is 11.1. The molecular weight excluding hydrogens is 362 g/mol. The number of fused-ring (bicyclic) bond motifs is 1. The lowest BCUT2D eigenvalue weighted by Gasteiger charge is -2.14. The number of aromatic nitrogens is 3. The highest BCUT2D eigenvalue weighted by Crippen LogP contribution is 2.27. The van der Waals surface area contributed by atoms with Gasteiger partial charge in [-0.05, 0) is 30.2 Å². The molecule has 1 aromatic carbocycles. The summed E-state index contributed by atoms with van der Waals surface area (Å²) in [6.07, 6.45) is 5.45. The monoisotopic (exact) mass is 387 g/mol. The van der Waals surface area contributed by atoms with E-state index >= 15 is 0 Å². The van der Waals surface area contributed by atoms with Crippen molar-refractivity contribution in [3.63, 3.8) is 0 Å². The highest BCUT2D eigenvalue weighted by Gasteiger charge is 2.13. The number of nitrogens with two attached hydrogens (primary N) is 1. The number of benzene rings is 1. The second-order valence-corrected chi connectivity index (χ2v) is 6.79. The topological polar surface area (TPSA) is 78.0 Å². The second-order valence-electron chi connectivity index (χ2n) is 6.52. The van der Waals surface area contributed by atoms with E-state index in [0.717, 1.165) is 46.7 Å². The number of hydrogen-bond donors (Lipinski definition) is 2. The number of anilines is 2. The van der Waals surface area contributed by atoms with Gasteiger partial charge >= 0.3 is 0 Å². The van der Waals surface area contributed by atoms with E-state index in [4.69, 9.17) is 22.1 Å². The fourth-order valence-electron chi connectivity index (χ4n) is 3.18. The molecule has 0 atom stereocenters. The minimum absolute atomic E-state index is 0.278. The van der Waals surface area contributed by atoms with Crippen molar-refractivity contribution in [1.29, 1.82) is 0 Å². The molecule has 0 spiro atoms. The van der Waals surface area contributed by atoms with Gasteiger partial charge in [0.1, 0.15) is 11.3 Å². The van der Waals surface area contributed by atoms with Gasteiger partial charge in [0.05, 0.1) is 19.2 Å². The Morgan fingerprint density at radius 2 is 2.07 bits per heavy atom. The molecule has 27 heavy (non-hydrogen) atoms. The predicted molar refractivity (Wildman–Crippen MR) is 112 cm³/mol. The Hall–Kier alpha value is -2.47. The van der Waals surface area contributed by atoms with Crippen LogP contribution < -0.4 is 15.8 Å². The van der Waals surface area contributed by atoms with Crippen molar-refractivity contribution < 1.29 is 4.74 Å². The molecule has 3 aromatic rings. The largest absolute Gasteiger partial charge is 0.496 e. The average molecular weight is 388 g/mol. The molecule has 3 rings (SSSR count). The van der Waals surface area contributed by atoms with Gasteiger partial charge in [-0.1, -0.05) is 25.8 Å². The van der Waals surface area contributed by atoms with Crippen LogP contribution in [0.3, 0.4) is 0 Å². The zero-order valence-electron chi connectivity index (χ0n) is 15.8. The van der Waals surface area contributed by atoms with Crippen LogP contribution >= 0.6 is 11.6 Å². The number of nitrogens with one attached hydrogen (secondary N) is 1. The van der Waals surface area contributed by atoms with E-state index in [2.05, 4.69) is 32.8 Å². The van der Waals surface area contributed by atoms with Crippen molar-refractivity contribution in [2.45, 2.75) is 38.6 Å². The standard InChI is InChI=1S/C20H26ClN5O/c1-3-4-5-9-23-19-18-16(24-20(22)25-19)8-10-26(18)13-15-11-14(12-21)6-7-17(15)27-2/h6-8,10-11H,3-5,9,12-13H2,1-2H3,(H3,22,23,24,25). The lowest BCUT2D eigenvalue weighted by Crippen LogP contribution is -2.09. The van der Waals surface area contributed by atoms with E-state index in [-0.39, 0.29) is 5.95 Å². The lowest BCUT2D eigenvalue weighted by atomic mass is 10.1. The number of rotatable bonds is 9. The molecular formula is C20H26ClN5O. The number of nitrogens with zero attached hydrogens (tertiary/aromatic N) is 3. The van der Waals surface area contributed by atoms with Crippen molar-refractivity contribution in [2.75, 3.05) is 24.7 Å². The molecule has 6 nitrogen and oxygen atoms in total. The number of unbranched alkanes of at least 4 members (excludes halogenated alkanes) is 2. The fraction of sp³-hybridized carbons (Fsp3) is 0.400. The van der Waals surface area contributed by atoms with Gasteiger partial charge in [-0.25, -0.2) is 4.98 Å².